The van der Waals surface area contributed by atoms with E-state index in [1.165, 1.54) is 0 Å². The van der Waals surface area contributed by atoms with Gasteiger partial charge >= 0.3 is 5.97 Å². The maximum atomic E-state index is 14.3. The monoisotopic (exact) mass is 599 g/mol. The van der Waals surface area contributed by atoms with Crippen molar-refractivity contribution < 1.29 is 24.2 Å². The number of aliphatic carboxylic acids is 1. The Bertz CT molecular complexity index is 1450. The minimum atomic E-state index is -0.963. The molecule has 2 heterocycles. The molecule has 2 N–H and O–H groups in total. The maximum Gasteiger partial charge on any atom is 0.326 e. The van der Waals surface area contributed by atoms with Crippen LogP contribution in [0.1, 0.15) is 70.0 Å². The molecule has 1 saturated carbocycles. The molecule has 1 amide bonds. The zero-order valence-corrected chi connectivity index (χ0v) is 26.5. The molecule has 0 unspecified atom stereocenters. The molecule has 8 nitrogen and oxygen atoms in total. The molecule has 2 fully saturated rings. The average molecular weight is 600 g/mol. The molecule has 1 saturated heterocycles. The fraction of sp³-hybridized carbons (Fsp3) is 0.472. The zero-order valence-electron chi connectivity index (χ0n) is 26.5. The van der Waals surface area contributed by atoms with E-state index in [1.807, 2.05) is 60.7 Å². The van der Waals surface area contributed by atoms with Crippen LogP contribution in [0.3, 0.4) is 0 Å². The predicted octanol–water partition coefficient (Wildman–Crippen LogP) is 6.50. The lowest BCUT2D eigenvalue weighted by molar-refractivity contribution is -0.154. The molecule has 1 aromatic heterocycles. The summed E-state index contributed by atoms with van der Waals surface area (Å²) in [7, 11) is 3.24. The van der Waals surface area contributed by atoms with Crippen molar-refractivity contribution in [2.75, 3.05) is 14.2 Å². The first-order chi connectivity index (χ1) is 21.1. The number of carbonyl (C=O) groups excluding carboxylic acids is 1. The normalized spacial score (nSPS) is 22.5. The van der Waals surface area contributed by atoms with Crippen molar-refractivity contribution in [2.45, 2.75) is 77.5 Å². The third-order valence-corrected chi connectivity index (χ3v) is 9.32. The molecule has 234 valence electrons. The van der Waals surface area contributed by atoms with E-state index in [0.29, 0.717) is 12.4 Å². The minimum Gasteiger partial charge on any atom is -0.497 e. The summed E-state index contributed by atoms with van der Waals surface area (Å²) in [6, 6.07) is 18.0. The van der Waals surface area contributed by atoms with Crippen molar-refractivity contribution in [2.24, 2.45) is 17.3 Å². The van der Waals surface area contributed by atoms with Crippen molar-refractivity contribution in [3.63, 3.8) is 0 Å². The lowest BCUT2D eigenvalue weighted by Crippen LogP contribution is -2.49. The Morgan fingerprint density at radius 3 is 2.32 bits per heavy atom. The third kappa shape index (κ3) is 6.46. The molecule has 1 aliphatic heterocycles. The van der Waals surface area contributed by atoms with Gasteiger partial charge in [-0.1, -0.05) is 82.5 Å². The second-order valence-corrected chi connectivity index (χ2v) is 13.1. The van der Waals surface area contributed by atoms with Gasteiger partial charge in [0.1, 0.15) is 11.8 Å². The molecule has 44 heavy (non-hydrogen) atoms. The number of rotatable bonds is 9. The summed E-state index contributed by atoms with van der Waals surface area (Å²) in [5.41, 5.74) is 3.24. The number of carbonyl (C=O) groups is 2. The summed E-state index contributed by atoms with van der Waals surface area (Å²) in [6.07, 6.45) is 6.51. The van der Waals surface area contributed by atoms with Gasteiger partial charge in [-0.15, -0.1) is 0 Å². The van der Waals surface area contributed by atoms with Gasteiger partial charge in [0.2, 0.25) is 11.8 Å². The largest absolute Gasteiger partial charge is 0.497 e. The predicted molar refractivity (Wildman–Crippen MR) is 170 cm³/mol. The molecule has 3 aromatic rings. The SMILES string of the molecule is COc1cccc(-c2cnc(OC)c(CN[C@H]3[C@H](C(C)(C)C)[C@@H](C(=O)O)N(C(=O)C4CCCCC4)[C@H]3c3ccccc3)c2)c1. The summed E-state index contributed by atoms with van der Waals surface area (Å²) < 4.78 is 11.1. The molecule has 0 spiro atoms. The topological polar surface area (TPSA) is 101 Å². The van der Waals surface area contributed by atoms with Crippen LogP contribution in [0.4, 0.5) is 0 Å². The van der Waals surface area contributed by atoms with Crippen LogP contribution in [0.5, 0.6) is 11.6 Å². The maximum absolute atomic E-state index is 14.3. The number of pyridine rings is 1. The molecular weight excluding hydrogens is 554 g/mol. The van der Waals surface area contributed by atoms with Crippen LogP contribution in [0, 0.1) is 17.3 Å². The molecular formula is C36H45N3O5. The number of benzene rings is 2. The van der Waals surface area contributed by atoms with E-state index in [4.69, 9.17) is 9.47 Å². The molecule has 0 radical (unpaired) electrons. The van der Waals surface area contributed by atoms with Crippen LogP contribution in [0.25, 0.3) is 11.1 Å². The van der Waals surface area contributed by atoms with Crippen LogP contribution in [0.15, 0.2) is 66.9 Å². The number of methoxy groups -OCH3 is 2. The third-order valence-electron chi connectivity index (χ3n) is 9.32. The van der Waals surface area contributed by atoms with Gasteiger partial charge in [0.05, 0.1) is 20.3 Å². The molecule has 2 aliphatic rings. The van der Waals surface area contributed by atoms with Crippen LogP contribution >= 0.6 is 0 Å². The van der Waals surface area contributed by atoms with Crippen LogP contribution in [-0.2, 0) is 16.1 Å². The number of ether oxygens (including phenoxy) is 2. The van der Waals surface area contributed by atoms with Gasteiger partial charge < -0.3 is 24.8 Å². The number of carboxylic acid groups (broad SMARTS) is 1. The van der Waals surface area contributed by atoms with E-state index < -0.39 is 23.5 Å². The van der Waals surface area contributed by atoms with Gasteiger partial charge in [-0.3, -0.25) is 4.79 Å². The van der Waals surface area contributed by atoms with Gasteiger partial charge in [0.15, 0.2) is 0 Å². The van der Waals surface area contributed by atoms with Gasteiger partial charge in [-0.05, 0) is 47.6 Å². The highest BCUT2D eigenvalue weighted by atomic mass is 16.5. The number of nitrogens with one attached hydrogen (secondary N) is 1. The lowest BCUT2D eigenvalue weighted by Gasteiger charge is -2.36. The van der Waals surface area contributed by atoms with Crippen molar-refractivity contribution >= 4 is 11.9 Å². The number of amides is 1. The van der Waals surface area contributed by atoms with Gasteiger partial charge in [0, 0.05) is 41.7 Å². The highest BCUT2D eigenvalue weighted by Gasteiger charge is 2.58. The smallest absolute Gasteiger partial charge is 0.326 e. The van der Waals surface area contributed by atoms with Crippen molar-refractivity contribution in [1.82, 2.24) is 15.2 Å². The van der Waals surface area contributed by atoms with E-state index in [1.54, 1.807) is 25.3 Å². The summed E-state index contributed by atoms with van der Waals surface area (Å²) in [6.45, 7) is 6.60. The first kappa shape index (κ1) is 31.5. The van der Waals surface area contributed by atoms with Crippen molar-refractivity contribution in [1.29, 1.82) is 0 Å². The molecule has 4 atom stereocenters. The fourth-order valence-electron chi connectivity index (χ4n) is 7.28. The Balaban J connectivity index is 1.56. The number of aromatic nitrogens is 1. The van der Waals surface area contributed by atoms with Gasteiger partial charge in [0.25, 0.3) is 0 Å². The zero-order chi connectivity index (χ0) is 31.4. The van der Waals surface area contributed by atoms with Gasteiger partial charge in [-0.25, -0.2) is 9.78 Å². The number of likely N-dealkylation sites (tertiary alicyclic amines) is 1. The molecule has 0 bridgehead atoms. The quantitative estimate of drug-likeness (QED) is 0.289. The lowest BCUT2D eigenvalue weighted by atomic mass is 9.72. The summed E-state index contributed by atoms with van der Waals surface area (Å²) >= 11 is 0. The van der Waals surface area contributed by atoms with Gasteiger partial charge in [-0.2, -0.15) is 0 Å². The first-order valence-corrected chi connectivity index (χ1v) is 15.6. The van der Waals surface area contributed by atoms with E-state index in [2.05, 4.69) is 31.1 Å². The van der Waals surface area contributed by atoms with Crippen molar-refractivity contribution in [3.05, 3.63) is 78.0 Å². The van der Waals surface area contributed by atoms with E-state index >= 15 is 0 Å². The average Bonchev–Trinajstić information content (AvgIpc) is 3.40. The summed E-state index contributed by atoms with van der Waals surface area (Å²) in [5, 5.41) is 14.5. The highest BCUT2D eigenvalue weighted by Crippen LogP contribution is 2.49. The van der Waals surface area contributed by atoms with E-state index in [9.17, 15) is 14.7 Å². The van der Waals surface area contributed by atoms with Crippen LogP contribution < -0.4 is 14.8 Å². The molecule has 5 rings (SSSR count). The standard InChI is InChI=1S/C36H45N3O5/c1-36(2,3)29-30(37-22-27-19-26(21-38-33(27)44-5)25-17-12-18-28(20-25)43-4)31(23-13-8-6-9-14-23)39(32(29)35(41)42)34(40)24-15-10-7-11-16-24/h6,8-9,12-14,17-21,24,29-32,37H,7,10-11,15-16,22H2,1-5H3,(H,41,42)/t29-,30-,31-,32-/m0/s1. The fourth-order valence-corrected chi connectivity index (χ4v) is 7.28. The van der Waals surface area contributed by atoms with E-state index in [-0.39, 0.29) is 23.8 Å². The number of hydrogen-bond donors (Lipinski definition) is 2. The van der Waals surface area contributed by atoms with Crippen LogP contribution in [0.2, 0.25) is 0 Å². The van der Waals surface area contributed by atoms with E-state index in [0.717, 1.165) is 60.1 Å². The summed E-state index contributed by atoms with van der Waals surface area (Å²) in [4.78, 5) is 33.8. The number of hydrogen-bond acceptors (Lipinski definition) is 6. The summed E-state index contributed by atoms with van der Waals surface area (Å²) in [5.74, 6) is -0.263. The Hall–Kier alpha value is -3.91. The highest BCUT2D eigenvalue weighted by molar-refractivity contribution is 5.87. The first-order valence-electron chi connectivity index (χ1n) is 15.6. The Morgan fingerprint density at radius 2 is 1.68 bits per heavy atom. The number of carboxylic acids is 1. The Labute approximate surface area is 260 Å². The van der Waals surface area contributed by atoms with Crippen molar-refractivity contribution in [3.8, 4) is 22.8 Å². The molecule has 2 aromatic carbocycles. The minimum absolute atomic E-state index is 0.0382. The molecule has 1 aliphatic carbocycles. The number of nitrogens with zero attached hydrogens (tertiary/aromatic N) is 2. The Kier molecular flexibility index (Phi) is 9.59. The molecule has 8 heteroatoms. The van der Waals surface area contributed by atoms with Crippen LogP contribution in [-0.4, -0.2) is 53.2 Å². The Morgan fingerprint density at radius 1 is 0.955 bits per heavy atom. The second-order valence-electron chi connectivity index (χ2n) is 13.1. The second kappa shape index (κ2) is 13.4.